The van der Waals surface area contributed by atoms with Gasteiger partial charge in [-0.2, -0.15) is 0 Å². The second-order valence-corrected chi connectivity index (χ2v) is 7.72. The highest BCUT2D eigenvalue weighted by molar-refractivity contribution is 7.93. The van der Waals surface area contributed by atoms with Crippen LogP contribution < -0.4 is 15.2 Å². The predicted octanol–water partition coefficient (Wildman–Crippen LogP) is 2.53. The van der Waals surface area contributed by atoms with Crippen molar-refractivity contribution in [1.29, 1.82) is 0 Å². The molecule has 0 radical (unpaired) electrons. The Balaban J connectivity index is 2.49. The third-order valence-corrected chi connectivity index (χ3v) is 5.93. The van der Waals surface area contributed by atoms with Gasteiger partial charge in [-0.15, -0.1) is 11.3 Å². The molecule has 2 aromatic rings. The summed E-state index contributed by atoms with van der Waals surface area (Å²) in [7, 11) is -2.50. The van der Waals surface area contributed by atoms with E-state index in [-0.39, 0.29) is 21.2 Å². The van der Waals surface area contributed by atoms with E-state index in [4.69, 9.17) is 10.5 Å². The van der Waals surface area contributed by atoms with Gasteiger partial charge in [0, 0.05) is 4.88 Å². The number of nitrogens with two attached hydrogens (primary N) is 1. The van der Waals surface area contributed by atoms with Crippen molar-refractivity contribution in [2.45, 2.75) is 25.2 Å². The summed E-state index contributed by atoms with van der Waals surface area (Å²) in [5.74, 6) is -0.439. The van der Waals surface area contributed by atoms with Crippen molar-refractivity contribution in [3.05, 3.63) is 40.3 Å². The summed E-state index contributed by atoms with van der Waals surface area (Å²) in [6, 6.07) is 6.47. The molecule has 0 atom stereocenters. The average molecular weight is 354 g/mol. The van der Waals surface area contributed by atoms with Crippen LogP contribution in [0.4, 0.5) is 5.00 Å². The van der Waals surface area contributed by atoms with Crippen LogP contribution in [0.2, 0.25) is 0 Å². The number of benzene rings is 1. The molecule has 0 saturated heterocycles. The smallest absolute Gasteiger partial charge is 0.266 e. The fraction of sp³-hybridized carbons (Fsp3) is 0.267. The maximum absolute atomic E-state index is 12.7. The standard InChI is InChI=1S/C15H18N2O4S2/c1-4-10-8-11(14(16)18)15(22-10)17-23(19,20)13-7-9(2)5-6-12(13)21-3/h5-8,17H,4H2,1-3H3,(H2,16,18). The Morgan fingerprint density at radius 2 is 2.04 bits per heavy atom. The zero-order chi connectivity index (χ0) is 17.2. The molecule has 0 saturated carbocycles. The minimum absolute atomic E-state index is 0.0156. The van der Waals surface area contributed by atoms with Crippen LogP contribution in [0.3, 0.4) is 0 Å². The number of amides is 1. The molecule has 0 spiro atoms. The van der Waals surface area contributed by atoms with Crippen molar-refractivity contribution < 1.29 is 17.9 Å². The van der Waals surface area contributed by atoms with Gasteiger partial charge in [0.2, 0.25) is 0 Å². The molecule has 124 valence electrons. The van der Waals surface area contributed by atoms with Gasteiger partial charge in [-0.1, -0.05) is 13.0 Å². The summed E-state index contributed by atoms with van der Waals surface area (Å²) in [6.45, 7) is 3.70. The molecule has 3 N–H and O–H groups in total. The summed E-state index contributed by atoms with van der Waals surface area (Å²) in [4.78, 5) is 12.4. The summed E-state index contributed by atoms with van der Waals surface area (Å²) < 4.78 is 32.9. The minimum Gasteiger partial charge on any atom is -0.495 e. The molecule has 0 fully saturated rings. The van der Waals surface area contributed by atoms with Crippen molar-refractivity contribution in [3.8, 4) is 5.75 Å². The Morgan fingerprint density at radius 3 is 2.61 bits per heavy atom. The Labute approximate surface area is 139 Å². The number of rotatable bonds is 6. The summed E-state index contributed by atoms with van der Waals surface area (Å²) in [6.07, 6.45) is 0.681. The van der Waals surface area contributed by atoms with Gasteiger partial charge in [0.05, 0.1) is 12.7 Å². The molecule has 1 aromatic heterocycles. The van der Waals surface area contributed by atoms with Crippen LogP contribution in [0, 0.1) is 6.92 Å². The molecule has 1 amide bonds. The maximum atomic E-state index is 12.7. The SMILES string of the molecule is CCc1cc(C(N)=O)c(NS(=O)(=O)c2cc(C)ccc2OC)s1. The molecule has 0 aliphatic heterocycles. The van der Waals surface area contributed by atoms with Gasteiger partial charge in [-0.25, -0.2) is 8.42 Å². The van der Waals surface area contributed by atoms with Gasteiger partial charge in [0.25, 0.3) is 15.9 Å². The number of primary amides is 1. The zero-order valence-electron chi connectivity index (χ0n) is 13.0. The number of nitrogens with one attached hydrogen (secondary N) is 1. The van der Waals surface area contributed by atoms with Crippen LogP contribution in [0.15, 0.2) is 29.2 Å². The quantitative estimate of drug-likeness (QED) is 0.833. The third kappa shape index (κ3) is 3.65. The summed E-state index contributed by atoms with van der Waals surface area (Å²) in [5, 5.41) is 0.220. The van der Waals surface area contributed by atoms with Crippen LogP contribution >= 0.6 is 11.3 Å². The molecular formula is C15H18N2O4S2. The lowest BCUT2D eigenvalue weighted by Crippen LogP contribution is -2.17. The molecule has 0 aliphatic carbocycles. The van der Waals surface area contributed by atoms with Crippen molar-refractivity contribution in [3.63, 3.8) is 0 Å². The van der Waals surface area contributed by atoms with Crippen molar-refractivity contribution in [2.24, 2.45) is 5.73 Å². The van der Waals surface area contributed by atoms with Crippen molar-refractivity contribution in [2.75, 3.05) is 11.8 Å². The largest absolute Gasteiger partial charge is 0.495 e. The van der Waals surface area contributed by atoms with Crippen LogP contribution in [-0.4, -0.2) is 21.4 Å². The number of ether oxygens (including phenoxy) is 1. The lowest BCUT2D eigenvalue weighted by Gasteiger charge is -2.12. The molecule has 0 unspecified atom stereocenters. The Kier molecular flexibility index (Phi) is 4.96. The average Bonchev–Trinajstić information content (AvgIpc) is 2.89. The number of carbonyl (C=O) groups is 1. The van der Waals surface area contributed by atoms with E-state index in [1.807, 2.05) is 6.92 Å². The van der Waals surface area contributed by atoms with Crippen LogP contribution in [-0.2, 0) is 16.4 Å². The van der Waals surface area contributed by atoms with E-state index in [0.29, 0.717) is 6.42 Å². The van der Waals surface area contributed by atoms with E-state index in [1.54, 1.807) is 25.1 Å². The molecule has 2 rings (SSSR count). The highest BCUT2D eigenvalue weighted by Gasteiger charge is 2.23. The normalized spacial score (nSPS) is 11.3. The number of thiophene rings is 1. The number of aryl methyl sites for hydroxylation is 2. The van der Waals surface area contributed by atoms with E-state index in [1.165, 1.54) is 24.5 Å². The number of anilines is 1. The van der Waals surface area contributed by atoms with Gasteiger partial charge < -0.3 is 10.5 Å². The number of carbonyl (C=O) groups excluding carboxylic acids is 1. The Bertz CT molecular complexity index is 841. The molecular weight excluding hydrogens is 336 g/mol. The first-order valence-corrected chi connectivity index (χ1v) is 9.18. The zero-order valence-corrected chi connectivity index (χ0v) is 14.7. The number of sulfonamides is 1. The maximum Gasteiger partial charge on any atom is 0.266 e. The third-order valence-electron chi connectivity index (χ3n) is 3.23. The van der Waals surface area contributed by atoms with Crippen molar-refractivity contribution >= 4 is 32.3 Å². The first kappa shape index (κ1) is 17.3. The monoisotopic (exact) mass is 354 g/mol. The van der Waals surface area contributed by atoms with Crippen LogP contribution in [0.5, 0.6) is 5.75 Å². The second kappa shape index (κ2) is 6.59. The topological polar surface area (TPSA) is 98.5 Å². The second-order valence-electron chi connectivity index (χ2n) is 4.93. The van der Waals surface area contributed by atoms with Crippen LogP contribution in [0.25, 0.3) is 0 Å². The molecule has 8 heteroatoms. The van der Waals surface area contributed by atoms with Gasteiger partial charge in [0.1, 0.15) is 15.6 Å². The number of hydrogen-bond donors (Lipinski definition) is 2. The van der Waals surface area contributed by atoms with Crippen LogP contribution in [0.1, 0.15) is 27.7 Å². The first-order chi connectivity index (χ1) is 10.8. The predicted molar refractivity (Wildman–Crippen MR) is 90.8 cm³/mol. The van der Waals surface area contributed by atoms with E-state index < -0.39 is 15.9 Å². The van der Waals surface area contributed by atoms with Crippen molar-refractivity contribution in [1.82, 2.24) is 0 Å². The fourth-order valence-corrected chi connectivity index (χ4v) is 4.62. The lowest BCUT2D eigenvalue weighted by atomic mass is 10.2. The lowest BCUT2D eigenvalue weighted by molar-refractivity contribution is 0.100. The molecule has 6 nitrogen and oxygen atoms in total. The summed E-state index contributed by atoms with van der Waals surface area (Å²) in [5.41, 5.74) is 6.28. The van der Waals surface area contributed by atoms with Gasteiger partial charge >= 0.3 is 0 Å². The molecule has 1 heterocycles. The molecule has 1 aromatic carbocycles. The van der Waals surface area contributed by atoms with Gasteiger partial charge in [-0.05, 0) is 37.1 Å². The minimum atomic E-state index is -3.90. The first-order valence-electron chi connectivity index (χ1n) is 6.88. The number of methoxy groups -OCH3 is 1. The van der Waals surface area contributed by atoms with E-state index in [9.17, 15) is 13.2 Å². The highest BCUT2D eigenvalue weighted by atomic mass is 32.2. The van der Waals surface area contributed by atoms with E-state index in [0.717, 1.165) is 10.4 Å². The molecule has 23 heavy (non-hydrogen) atoms. The fourth-order valence-electron chi connectivity index (χ4n) is 2.05. The Morgan fingerprint density at radius 1 is 1.35 bits per heavy atom. The summed E-state index contributed by atoms with van der Waals surface area (Å²) >= 11 is 1.20. The number of hydrogen-bond acceptors (Lipinski definition) is 5. The van der Waals surface area contributed by atoms with Gasteiger partial charge in [-0.3, -0.25) is 9.52 Å². The molecule has 0 aliphatic rings. The van der Waals surface area contributed by atoms with Gasteiger partial charge in [0.15, 0.2) is 0 Å². The highest BCUT2D eigenvalue weighted by Crippen LogP contribution is 2.32. The van der Waals surface area contributed by atoms with E-state index >= 15 is 0 Å². The molecule has 0 bridgehead atoms. The van der Waals surface area contributed by atoms with E-state index in [2.05, 4.69) is 4.72 Å². The Hall–Kier alpha value is -2.06.